The molecule has 9 nitrogen and oxygen atoms in total. The van der Waals surface area contributed by atoms with Crippen LogP contribution >= 0.6 is 27.5 Å². The molecule has 2 aromatic carbocycles. The zero-order chi connectivity index (χ0) is 25.8. The number of anilines is 1. The molecular formula is C26H24BrClN8O. The van der Waals surface area contributed by atoms with E-state index in [1.54, 1.807) is 17.6 Å². The van der Waals surface area contributed by atoms with Gasteiger partial charge in [0.15, 0.2) is 11.3 Å². The number of unbranched alkanes of at least 4 members (excludes halogenated alkanes) is 1. The number of aryl methyl sites for hydroxylation is 1. The minimum atomic E-state index is -0.228. The molecule has 3 heterocycles. The van der Waals surface area contributed by atoms with Crippen LogP contribution in [0.4, 0.5) is 5.82 Å². The Morgan fingerprint density at radius 2 is 1.78 bits per heavy atom. The second kappa shape index (κ2) is 11.1. The van der Waals surface area contributed by atoms with Gasteiger partial charge in [-0.05, 0) is 53.9 Å². The van der Waals surface area contributed by atoms with Crippen molar-refractivity contribution in [1.29, 1.82) is 0 Å². The minimum Gasteiger partial charge on any atom is -0.370 e. The zero-order valence-corrected chi connectivity index (χ0v) is 22.4. The van der Waals surface area contributed by atoms with Crippen LogP contribution in [0, 0.1) is 6.92 Å². The Bertz CT molecular complexity index is 1550. The number of hydrogen-bond donors (Lipinski definition) is 2. The molecule has 0 fully saturated rings. The van der Waals surface area contributed by atoms with Crippen molar-refractivity contribution in [3.8, 4) is 16.9 Å². The first-order valence-corrected chi connectivity index (χ1v) is 13.0. The van der Waals surface area contributed by atoms with Crippen molar-refractivity contribution in [3.05, 3.63) is 87.7 Å². The van der Waals surface area contributed by atoms with E-state index in [9.17, 15) is 4.79 Å². The summed E-state index contributed by atoms with van der Waals surface area (Å²) >= 11 is 9.93. The number of nitrogens with one attached hydrogen (secondary N) is 2. The molecule has 0 unspecified atom stereocenters. The fourth-order valence-corrected chi connectivity index (χ4v) is 4.47. The van der Waals surface area contributed by atoms with Crippen LogP contribution in [0.25, 0.3) is 22.6 Å². The van der Waals surface area contributed by atoms with E-state index in [2.05, 4.69) is 41.9 Å². The Labute approximate surface area is 227 Å². The summed E-state index contributed by atoms with van der Waals surface area (Å²) in [4.78, 5) is 18.8. The molecule has 3 aromatic heterocycles. The lowest BCUT2D eigenvalue weighted by Crippen LogP contribution is -2.26. The first kappa shape index (κ1) is 24.9. The summed E-state index contributed by atoms with van der Waals surface area (Å²) in [6, 6.07) is 19.1. The van der Waals surface area contributed by atoms with Crippen LogP contribution in [0.1, 0.15) is 29.0 Å². The van der Waals surface area contributed by atoms with Gasteiger partial charge in [0.25, 0.3) is 5.91 Å². The lowest BCUT2D eigenvalue weighted by molar-refractivity contribution is 0.0947. The smallest absolute Gasteiger partial charge is 0.273 e. The van der Waals surface area contributed by atoms with E-state index in [1.165, 1.54) is 4.80 Å². The lowest BCUT2D eigenvalue weighted by atomic mass is 10.1. The fraction of sp³-hybridized carbons (Fsp3) is 0.192. The van der Waals surface area contributed by atoms with E-state index < -0.39 is 0 Å². The van der Waals surface area contributed by atoms with Gasteiger partial charge in [0.1, 0.15) is 5.82 Å². The van der Waals surface area contributed by atoms with Crippen molar-refractivity contribution in [2.24, 2.45) is 0 Å². The number of halogens is 2. The molecule has 0 saturated carbocycles. The highest BCUT2D eigenvalue weighted by atomic mass is 79.9. The monoisotopic (exact) mass is 578 g/mol. The molecule has 0 aliphatic heterocycles. The maximum absolute atomic E-state index is 12.6. The highest BCUT2D eigenvalue weighted by Gasteiger charge is 2.16. The highest BCUT2D eigenvalue weighted by molar-refractivity contribution is 9.10. The number of fused-ring (bicyclic) bond motifs is 1. The third kappa shape index (κ3) is 5.50. The zero-order valence-electron chi connectivity index (χ0n) is 20.0. The second-order valence-electron chi connectivity index (χ2n) is 8.38. The normalized spacial score (nSPS) is 11.1. The molecule has 0 aliphatic rings. The summed E-state index contributed by atoms with van der Waals surface area (Å²) in [5.74, 6) is 0.581. The maximum atomic E-state index is 12.6. The molecule has 1 amide bonds. The predicted molar refractivity (Wildman–Crippen MR) is 147 cm³/mol. The molecule has 5 aromatic rings. The number of rotatable bonds is 9. The van der Waals surface area contributed by atoms with Crippen LogP contribution in [0.5, 0.6) is 0 Å². The van der Waals surface area contributed by atoms with Crippen molar-refractivity contribution < 1.29 is 4.79 Å². The van der Waals surface area contributed by atoms with Crippen LogP contribution in [0.2, 0.25) is 5.02 Å². The largest absolute Gasteiger partial charge is 0.370 e. The van der Waals surface area contributed by atoms with Gasteiger partial charge in [0.05, 0.1) is 27.7 Å². The first-order valence-electron chi connectivity index (χ1n) is 11.8. The Morgan fingerprint density at radius 1 is 1.03 bits per heavy atom. The number of benzene rings is 2. The molecule has 0 spiro atoms. The molecule has 0 radical (unpaired) electrons. The van der Waals surface area contributed by atoms with Crippen LogP contribution in [-0.2, 0) is 0 Å². The summed E-state index contributed by atoms with van der Waals surface area (Å²) in [5.41, 5.74) is 4.04. The number of amides is 1. The maximum Gasteiger partial charge on any atom is 0.273 e. The number of carbonyl (C=O) groups excluding carboxylic acids is 1. The third-order valence-electron chi connectivity index (χ3n) is 5.76. The number of aromatic nitrogens is 6. The van der Waals surface area contributed by atoms with Crippen molar-refractivity contribution in [2.45, 2.75) is 19.8 Å². The Hall–Kier alpha value is -3.76. The van der Waals surface area contributed by atoms with E-state index in [0.717, 1.165) is 40.1 Å². The van der Waals surface area contributed by atoms with Gasteiger partial charge >= 0.3 is 0 Å². The average Bonchev–Trinajstić information content (AvgIpc) is 3.49. The third-order valence-corrected chi connectivity index (χ3v) is 6.65. The summed E-state index contributed by atoms with van der Waals surface area (Å²) in [6.07, 6.45) is 3.35. The average molecular weight is 580 g/mol. The van der Waals surface area contributed by atoms with E-state index in [4.69, 9.17) is 16.6 Å². The quantitative estimate of drug-likeness (QED) is 0.229. The molecule has 0 aliphatic carbocycles. The molecule has 0 saturated heterocycles. The van der Waals surface area contributed by atoms with Gasteiger partial charge in [-0.1, -0.05) is 48.0 Å². The van der Waals surface area contributed by atoms with Crippen LogP contribution < -0.4 is 10.6 Å². The van der Waals surface area contributed by atoms with E-state index in [-0.39, 0.29) is 5.91 Å². The van der Waals surface area contributed by atoms with Gasteiger partial charge < -0.3 is 10.6 Å². The number of para-hydroxylation sites is 1. The van der Waals surface area contributed by atoms with Gasteiger partial charge in [-0.25, -0.2) is 4.98 Å². The van der Waals surface area contributed by atoms with E-state index in [0.29, 0.717) is 35.1 Å². The highest BCUT2D eigenvalue weighted by Crippen LogP contribution is 2.30. The molecular weight excluding hydrogens is 556 g/mol. The SMILES string of the molecule is Cc1nn(-c2ccccc2)nc1C(=O)NCCCCNc1cc(-c2ccccc2Cl)nc2c(Br)cnn12. The van der Waals surface area contributed by atoms with Crippen molar-refractivity contribution in [2.75, 3.05) is 18.4 Å². The number of nitrogens with zero attached hydrogens (tertiary/aromatic N) is 6. The van der Waals surface area contributed by atoms with Crippen molar-refractivity contribution >= 4 is 44.9 Å². The second-order valence-corrected chi connectivity index (χ2v) is 9.64. The molecule has 2 N–H and O–H groups in total. The summed E-state index contributed by atoms with van der Waals surface area (Å²) in [7, 11) is 0. The van der Waals surface area contributed by atoms with Crippen LogP contribution in [0.3, 0.4) is 0 Å². The standard InChI is InChI=1S/C26H24BrClN8O/c1-17-24(34-36(33-17)18-9-3-2-4-10-18)26(37)30-14-8-7-13-29-23-15-22(19-11-5-6-12-21(19)28)32-25-20(27)16-31-35(23)25/h2-6,9-12,15-16,29H,7-8,13-14H2,1H3,(H,30,37). The predicted octanol–water partition coefficient (Wildman–Crippen LogP) is 5.32. The molecule has 5 rings (SSSR count). The van der Waals surface area contributed by atoms with Gasteiger partial charge in [0.2, 0.25) is 0 Å². The summed E-state index contributed by atoms with van der Waals surface area (Å²) in [6.45, 7) is 3.00. The van der Waals surface area contributed by atoms with Gasteiger partial charge in [-0.3, -0.25) is 4.79 Å². The molecule has 0 bridgehead atoms. The Morgan fingerprint density at radius 3 is 2.59 bits per heavy atom. The Balaban J connectivity index is 1.17. The van der Waals surface area contributed by atoms with E-state index >= 15 is 0 Å². The molecule has 188 valence electrons. The minimum absolute atomic E-state index is 0.228. The number of hydrogen-bond acceptors (Lipinski definition) is 6. The van der Waals surface area contributed by atoms with Gasteiger partial charge in [0, 0.05) is 29.7 Å². The van der Waals surface area contributed by atoms with Crippen LogP contribution in [-0.4, -0.2) is 48.6 Å². The van der Waals surface area contributed by atoms with Gasteiger partial charge in [-0.15, -0.1) is 5.10 Å². The first-order chi connectivity index (χ1) is 18.0. The van der Waals surface area contributed by atoms with E-state index in [1.807, 2.05) is 60.7 Å². The molecule has 0 atom stereocenters. The Kier molecular flexibility index (Phi) is 7.47. The van der Waals surface area contributed by atoms with Crippen molar-refractivity contribution in [1.82, 2.24) is 34.9 Å². The lowest BCUT2D eigenvalue weighted by Gasteiger charge is -2.12. The van der Waals surface area contributed by atoms with Crippen molar-refractivity contribution in [3.63, 3.8) is 0 Å². The van der Waals surface area contributed by atoms with Gasteiger partial charge in [-0.2, -0.15) is 19.5 Å². The molecule has 11 heteroatoms. The molecule has 37 heavy (non-hydrogen) atoms. The summed E-state index contributed by atoms with van der Waals surface area (Å²) < 4.78 is 2.55. The number of carbonyl (C=O) groups is 1. The summed E-state index contributed by atoms with van der Waals surface area (Å²) in [5, 5.41) is 20.2. The fourth-order valence-electron chi connectivity index (χ4n) is 3.89. The topological polar surface area (TPSA) is 102 Å². The van der Waals surface area contributed by atoms with Crippen LogP contribution in [0.15, 0.2) is 71.3 Å².